The number of hydrogen-bond acceptors (Lipinski definition) is 5. The van der Waals surface area contributed by atoms with E-state index in [0.29, 0.717) is 10.5 Å². The van der Waals surface area contributed by atoms with E-state index in [1.807, 2.05) is 0 Å². The lowest BCUT2D eigenvalue weighted by Crippen LogP contribution is -2.46. The van der Waals surface area contributed by atoms with Gasteiger partial charge in [0.05, 0.1) is 4.90 Å². The number of fused-ring (bicyclic) bond motifs is 1. The summed E-state index contributed by atoms with van der Waals surface area (Å²) in [5.41, 5.74) is 0. The quantitative estimate of drug-likeness (QED) is 0.733. The summed E-state index contributed by atoms with van der Waals surface area (Å²) < 4.78 is 27.6. The van der Waals surface area contributed by atoms with Crippen LogP contribution in [0.3, 0.4) is 0 Å². The number of hydrogen-bond donors (Lipinski definition) is 2. The summed E-state index contributed by atoms with van der Waals surface area (Å²) in [7, 11) is -3.95. The summed E-state index contributed by atoms with van der Waals surface area (Å²) in [6, 6.07) is 4.09. The Bertz CT molecular complexity index is 995. The number of aliphatic carboxylic acids is 1. The molecule has 1 aromatic carbocycles. The number of benzene rings is 1. The van der Waals surface area contributed by atoms with Gasteiger partial charge in [0, 0.05) is 18.1 Å². The van der Waals surface area contributed by atoms with Crippen LogP contribution in [0.25, 0.3) is 10.8 Å². The maximum Gasteiger partial charge on any atom is 0.326 e. The Balaban J connectivity index is 1.82. The first-order valence-electron chi connectivity index (χ1n) is 7.80. The molecule has 2 N–H and O–H groups in total. The summed E-state index contributed by atoms with van der Waals surface area (Å²) in [5, 5.41) is 10.7. The van der Waals surface area contributed by atoms with E-state index in [-0.39, 0.29) is 17.9 Å². The second kappa shape index (κ2) is 6.82. The van der Waals surface area contributed by atoms with E-state index in [9.17, 15) is 18.0 Å². The van der Waals surface area contributed by atoms with Crippen LogP contribution in [0.5, 0.6) is 0 Å². The van der Waals surface area contributed by atoms with E-state index in [2.05, 4.69) is 9.71 Å². The van der Waals surface area contributed by atoms with Crippen LogP contribution in [-0.4, -0.2) is 53.9 Å². The molecule has 3 rings (SSSR count). The third-order valence-electron chi connectivity index (χ3n) is 4.33. The molecule has 1 amide bonds. The zero-order chi connectivity index (χ0) is 19.1. The molecule has 0 radical (unpaired) electrons. The van der Waals surface area contributed by atoms with Crippen LogP contribution in [0.2, 0.25) is 5.15 Å². The third kappa shape index (κ3) is 3.50. The minimum absolute atomic E-state index is 0.00773. The van der Waals surface area contributed by atoms with Crippen molar-refractivity contribution >= 4 is 44.3 Å². The molecule has 2 heterocycles. The number of rotatable bonds is 5. The van der Waals surface area contributed by atoms with E-state index in [0.717, 1.165) is 10.3 Å². The van der Waals surface area contributed by atoms with Crippen LogP contribution in [0.4, 0.5) is 0 Å². The average Bonchev–Trinajstić information content (AvgIpc) is 2.93. The molecule has 0 spiro atoms. The molecule has 0 saturated carbocycles. The number of halogens is 1. The van der Waals surface area contributed by atoms with Gasteiger partial charge in [-0.2, -0.15) is 4.72 Å². The number of carboxylic acids is 1. The molecule has 10 heteroatoms. The van der Waals surface area contributed by atoms with E-state index in [1.165, 1.54) is 25.3 Å². The maximum atomic E-state index is 12.6. The maximum absolute atomic E-state index is 12.6. The molecule has 1 saturated heterocycles. The SMILES string of the molecule is CC(C(=O)O)N1CCC(NS(=O)(=O)c2ccc3cc(Cl)ncc3c2)C1=O. The Morgan fingerprint density at radius 2 is 2.12 bits per heavy atom. The van der Waals surface area contributed by atoms with Gasteiger partial charge < -0.3 is 10.0 Å². The molecule has 2 atom stereocenters. The monoisotopic (exact) mass is 397 g/mol. The third-order valence-corrected chi connectivity index (χ3v) is 6.01. The Morgan fingerprint density at radius 3 is 2.81 bits per heavy atom. The number of carboxylic acid groups (broad SMARTS) is 1. The van der Waals surface area contributed by atoms with E-state index >= 15 is 0 Å². The van der Waals surface area contributed by atoms with Crippen molar-refractivity contribution in [1.29, 1.82) is 0 Å². The molecule has 26 heavy (non-hydrogen) atoms. The number of nitrogens with zero attached hydrogens (tertiary/aromatic N) is 2. The second-order valence-electron chi connectivity index (χ2n) is 6.02. The first-order valence-corrected chi connectivity index (χ1v) is 9.66. The van der Waals surface area contributed by atoms with E-state index in [4.69, 9.17) is 16.7 Å². The minimum Gasteiger partial charge on any atom is -0.480 e. The molecule has 1 aliphatic rings. The first-order chi connectivity index (χ1) is 12.2. The van der Waals surface area contributed by atoms with Gasteiger partial charge in [0.15, 0.2) is 0 Å². The van der Waals surface area contributed by atoms with Crippen molar-refractivity contribution in [3.05, 3.63) is 35.6 Å². The van der Waals surface area contributed by atoms with Gasteiger partial charge in [0.2, 0.25) is 15.9 Å². The standard InChI is InChI=1S/C16H16ClN3O5S/c1-9(16(22)23)20-5-4-13(15(20)21)19-26(24,25)12-3-2-10-7-14(17)18-8-11(10)6-12/h2-3,6-9,13,19H,4-5H2,1H3,(H,22,23). The fraction of sp³-hybridized carbons (Fsp3) is 0.312. The Labute approximate surface area is 154 Å². The molecule has 0 aliphatic carbocycles. The van der Waals surface area contributed by atoms with Gasteiger partial charge in [-0.15, -0.1) is 0 Å². The highest BCUT2D eigenvalue weighted by atomic mass is 35.5. The van der Waals surface area contributed by atoms with Gasteiger partial charge in [-0.1, -0.05) is 17.7 Å². The van der Waals surface area contributed by atoms with E-state index < -0.39 is 34.0 Å². The highest BCUT2D eigenvalue weighted by molar-refractivity contribution is 7.89. The summed E-state index contributed by atoms with van der Waals surface area (Å²) >= 11 is 5.81. The number of aromatic nitrogens is 1. The van der Waals surface area contributed by atoms with Crippen LogP contribution in [-0.2, 0) is 19.6 Å². The van der Waals surface area contributed by atoms with Crippen LogP contribution >= 0.6 is 11.6 Å². The molecular formula is C16H16ClN3O5S. The molecule has 1 aliphatic heterocycles. The van der Waals surface area contributed by atoms with E-state index in [1.54, 1.807) is 12.1 Å². The number of pyridine rings is 1. The number of nitrogens with one attached hydrogen (secondary N) is 1. The van der Waals surface area contributed by atoms with Crippen LogP contribution in [0, 0.1) is 0 Å². The minimum atomic E-state index is -3.95. The summed E-state index contributed by atoms with van der Waals surface area (Å²) in [5.74, 6) is -1.68. The Kier molecular flexibility index (Phi) is 4.87. The lowest BCUT2D eigenvalue weighted by Gasteiger charge is -2.21. The summed E-state index contributed by atoms with van der Waals surface area (Å²) in [4.78, 5) is 28.4. The topological polar surface area (TPSA) is 117 Å². The van der Waals surface area contributed by atoms with Crippen molar-refractivity contribution in [3.63, 3.8) is 0 Å². The van der Waals surface area contributed by atoms with Gasteiger partial charge in [-0.05, 0) is 36.9 Å². The van der Waals surface area contributed by atoms with Crippen molar-refractivity contribution in [1.82, 2.24) is 14.6 Å². The van der Waals surface area contributed by atoms with Gasteiger partial charge in [-0.3, -0.25) is 4.79 Å². The molecule has 1 aromatic heterocycles. The smallest absolute Gasteiger partial charge is 0.326 e. The first kappa shape index (κ1) is 18.6. The van der Waals surface area contributed by atoms with Crippen molar-refractivity contribution in [2.75, 3.05) is 6.54 Å². The van der Waals surface area contributed by atoms with Crippen molar-refractivity contribution < 1.29 is 23.1 Å². The van der Waals surface area contributed by atoms with Crippen LogP contribution < -0.4 is 4.72 Å². The largest absolute Gasteiger partial charge is 0.480 e. The van der Waals surface area contributed by atoms with Gasteiger partial charge in [-0.25, -0.2) is 18.2 Å². The predicted octanol–water partition coefficient (Wildman–Crippen LogP) is 1.24. The second-order valence-corrected chi connectivity index (χ2v) is 8.13. The number of likely N-dealkylation sites (tertiary alicyclic amines) is 1. The number of sulfonamides is 1. The number of carbonyl (C=O) groups is 2. The molecule has 0 bridgehead atoms. The van der Waals surface area contributed by atoms with Gasteiger partial charge in [0.25, 0.3) is 0 Å². The fourth-order valence-electron chi connectivity index (χ4n) is 2.84. The molecule has 138 valence electrons. The average molecular weight is 398 g/mol. The van der Waals surface area contributed by atoms with Crippen molar-refractivity contribution in [3.8, 4) is 0 Å². The molecule has 8 nitrogen and oxygen atoms in total. The normalized spacial score (nSPS) is 19.1. The van der Waals surface area contributed by atoms with Crippen molar-refractivity contribution in [2.24, 2.45) is 0 Å². The fourth-order valence-corrected chi connectivity index (χ4v) is 4.27. The van der Waals surface area contributed by atoms with Crippen LogP contribution in [0.1, 0.15) is 13.3 Å². The number of carbonyl (C=O) groups excluding carboxylic acids is 1. The number of amides is 1. The van der Waals surface area contributed by atoms with Crippen LogP contribution in [0.15, 0.2) is 35.4 Å². The zero-order valence-corrected chi connectivity index (χ0v) is 15.3. The predicted molar refractivity (Wildman–Crippen MR) is 94.3 cm³/mol. The Morgan fingerprint density at radius 1 is 1.38 bits per heavy atom. The lowest BCUT2D eigenvalue weighted by molar-refractivity contribution is -0.147. The van der Waals surface area contributed by atoms with Crippen molar-refractivity contribution in [2.45, 2.75) is 30.3 Å². The summed E-state index contributed by atoms with van der Waals surface area (Å²) in [6.45, 7) is 1.57. The highest BCUT2D eigenvalue weighted by Crippen LogP contribution is 2.22. The molecule has 2 unspecified atom stereocenters. The molecular weight excluding hydrogens is 382 g/mol. The van der Waals surface area contributed by atoms with Gasteiger partial charge >= 0.3 is 5.97 Å². The highest BCUT2D eigenvalue weighted by Gasteiger charge is 2.39. The molecule has 2 aromatic rings. The lowest BCUT2D eigenvalue weighted by atomic mass is 10.2. The summed E-state index contributed by atoms with van der Waals surface area (Å²) in [6.07, 6.45) is 1.67. The molecule has 1 fully saturated rings. The Hall–Kier alpha value is -2.23. The zero-order valence-electron chi connectivity index (χ0n) is 13.7. The van der Waals surface area contributed by atoms with Gasteiger partial charge in [0.1, 0.15) is 17.2 Å².